The van der Waals surface area contributed by atoms with E-state index in [9.17, 15) is 9.59 Å². The second-order valence-corrected chi connectivity index (χ2v) is 21.3. The van der Waals surface area contributed by atoms with Crippen LogP contribution in [0.3, 0.4) is 0 Å². The summed E-state index contributed by atoms with van der Waals surface area (Å²) in [5, 5.41) is 6.60. The zero-order chi connectivity index (χ0) is 49.7. The molecule has 70 heavy (non-hydrogen) atoms. The number of amides is 1. The van der Waals surface area contributed by atoms with E-state index in [-0.39, 0.29) is 12.0 Å². The molecule has 1 amide bonds. The number of alkyl carbamates (subject to hydrolysis) is 1. The zero-order valence-electron chi connectivity index (χ0n) is 42.7. The number of hydrogen-bond acceptors (Lipinski definition) is 10. The Morgan fingerprint density at radius 3 is 1.47 bits per heavy atom. The molecule has 11 nitrogen and oxygen atoms in total. The molecule has 0 radical (unpaired) electrons. The van der Waals surface area contributed by atoms with Crippen LogP contribution in [0.15, 0.2) is 133 Å². The molecule has 9 rings (SSSR count). The van der Waals surface area contributed by atoms with Crippen LogP contribution in [0.1, 0.15) is 113 Å². The predicted molar refractivity (Wildman–Crippen MR) is 278 cm³/mol. The fraction of sp³-hybridized carbons (Fsp3) is 0.458. The topological polar surface area (TPSA) is 111 Å². The maximum absolute atomic E-state index is 11.8. The van der Waals surface area contributed by atoms with Crippen molar-refractivity contribution in [3.8, 4) is 17.2 Å². The van der Waals surface area contributed by atoms with Gasteiger partial charge in [-0.1, -0.05) is 104 Å². The first-order chi connectivity index (χ1) is 33.5. The molecule has 4 aliphatic rings. The third kappa shape index (κ3) is 17.8. The van der Waals surface area contributed by atoms with Gasteiger partial charge in [-0.2, -0.15) is 0 Å². The molecule has 3 aliphatic carbocycles. The van der Waals surface area contributed by atoms with E-state index in [1.807, 2.05) is 69.3 Å². The molecule has 1 saturated heterocycles. The third-order valence-electron chi connectivity index (χ3n) is 12.8. The minimum absolute atomic E-state index is 0.0764. The second-order valence-electron chi connectivity index (χ2n) is 21.3. The molecular weight excluding hydrogens is 877 g/mol. The maximum atomic E-state index is 11.8. The Labute approximate surface area is 417 Å². The number of benzene rings is 5. The van der Waals surface area contributed by atoms with E-state index >= 15 is 0 Å². The van der Waals surface area contributed by atoms with Crippen LogP contribution in [0.25, 0.3) is 0 Å². The van der Waals surface area contributed by atoms with Crippen molar-refractivity contribution in [3.63, 3.8) is 0 Å². The van der Waals surface area contributed by atoms with Gasteiger partial charge in [-0.3, -0.25) is 4.90 Å². The summed E-state index contributed by atoms with van der Waals surface area (Å²) in [6.45, 7) is 21.5. The van der Waals surface area contributed by atoms with Crippen molar-refractivity contribution in [1.82, 2.24) is 20.4 Å². The van der Waals surface area contributed by atoms with Crippen molar-refractivity contribution in [1.29, 1.82) is 0 Å². The van der Waals surface area contributed by atoms with Crippen LogP contribution in [0.2, 0.25) is 0 Å². The van der Waals surface area contributed by atoms with Crippen molar-refractivity contribution < 1.29 is 33.3 Å². The van der Waals surface area contributed by atoms with Crippen LogP contribution < -0.4 is 24.8 Å². The standard InChI is InChI=1S/C23H31N3O.C19H27NO5.C17H18O/c1-25-13-15-26(16-14-25)12-11-24-23-17-22(23)20-7-9-21(10-8-20)27-18-19-5-3-2-4-6-19;1-18(2,3)24-16(21)20-15-11-14(15)12-7-9-13(10-8-12)23-17(22)25-19(4,5)6;1-13-11-17(13)15-7-9-16(10-8-15)18-12-14-5-3-2-4-6-14/h2-10,22-24H,11-18H2,1H3;7-10,14-15H,11H2,1-6H3,(H,20,21);2-10,13,17H,11-12H2,1H3/t22-,23+;14?,15-;13-,17-/m011/s1. The first-order valence-corrected chi connectivity index (χ1v) is 25.2. The molecule has 0 aromatic heterocycles. The van der Waals surface area contributed by atoms with Crippen LogP contribution in [0.4, 0.5) is 9.59 Å². The normalized spacial score (nSPS) is 21.6. The Hall–Kier alpha value is -5.88. The molecule has 1 aliphatic heterocycles. The quantitative estimate of drug-likeness (QED) is 0.0777. The average molecular weight is 953 g/mol. The Morgan fingerprint density at radius 1 is 0.557 bits per heavy atom. The van der Waals surface area contributed by atoms with Gasteiger partial charge in [0, 0.05) is 63.2 Å². The zero-order valence-corrected chi connectivity index (χ0v) is 42.7. The molecular formula is C59H76N4O7. The van der Waals surface area contributed by atoms with E-state index in [4.69, 9.17) is 23.7 Å². The van der Waals surface area contributed by atoms with E-state index in [0.717, 1.165) is 41.9 Å². The molecule has 0 spiro atoms. The first kappa shape index (κ1) is 52.0. The van der Waals surface area contributed by atoms with Gasteiger partial charge in [-0.15, -0.1) is 0 Å². The number of ether oxygens (including phenoxy) is 5. The smallest absolute Gasteiger partial charge is 0.489 e. The van der Waals surface area contributed by atoms with Crippen molar-refractivity contribution in [2.45, 2.75) is 122 Å². The lowest BCUT2D eigenvalue weighted by Crippen LogP contribution is -2.46. The first-order valence-electron chi connectivity index (χ1n) is 25.2. The lowest BCUT2D eigenvalue weighted by atomic mass is 10.1. The third-order valence-corrected chi connectivity index (χ3v) is 12.8. The molecule has 6 atom stereocenters. The Morgan fingerprint density at radius 2 is 1.00 bits per heavy atom. The largest absolute Gasteiger partial charge is 0.514 e. The minimum atomic E-state index is -0.726. The molecule has 11 heteroatoms. The summed E-state index contributed by atoms with van der Waals surface area (Å²) in [5.74, 6) is 4.90. The van der Waals surface area contributed by atoms with Crippen LogP contribution in [0.5, 0.6) is 17.2 Å². The van der Waals surface area contributed by atoms with E-state index in [1.54, 1.807) is 32.9 Å². The van der Waals surface area contributed by atoms with Gasteiger partial charge in [0.25, 0.3) is 0 Å². The highest BCUT2D eigenvalue weighted by atomic mass is 16.7. The summed E-state index contributed by atoms with van der Waals surface area (Å²) in [6, 6.07) is 45.8. The Kier molecular flexibility index (Phi) is 18.0. The summed E-state index contributed by atoms with van der Waals surface area (Å²) in [5.41, 5.74) is 5.28. The molecule has 1 unspecified atom stereocenters. The van der Waals surface area contributed by atoms with E-state index in [1.165, 1.54) is 67.8 Å². The van der Waals surface area contributed by atoms with Gasteiger partial charge in [0.15, 0.2) is 0 Å². The molecule has 374 valence electrons. The Balaban J connectivity index is 0.000000158. The number of rotatable bonds is 15. The molecule has 4 fully saturated rings. The summed E-state index contributed by atoms with van der Waals surface area (Å²) in [4.78, 5) is 28.4. The molecule has 5 aromatic rings. The number of likely N-dealkylation sites (N-methyl/N-ethyl adjacent to an activating group) is 1. The lowest BCUT2D eigenvalue weighted by molar-refractivity contribution is 0.0205. The number of nitrogens with one attached hydrogen (secondary N) is 2. The molecule has 3 saturated carbocycles. The fourth-order valence-electron chi connectivity index (χ4n) is 8.49. The molecule has 1 heterocycles. The lowest BCUT2D eigenvalue weighted by Gasteiger charge is -2.32. The highest BCUT2D eigenvalue weighted by Gasteiger charge is 2.41. The fourth-order valence-corrected chi connectivity index (χ4v) is 8.49. The summed E-state index contributed by atoms with van der Waals surface area (Å²) in [6.07, 6.45) is 2.34. The highest BCUT2D eigenvalue weighted by molar-refractivity contribution is 5.69. The highest BCUT2D eigenvalue weighted by Crippen LogP contribution is 2.47. The van der Waals surface area contributed by atoms with E-state index in [2.05, 4.69) is 107 Å². The number of carbonyl (C=O) groups is 2. The molecule has 5 aromatic carbocycles. The van der Waals surface area contributed by atoms with Crippen LogP contribution in [-0.4, -0.2) is 91.7 Å². The number of carbonyl (C=O) groups excluding carboxylic acids is 2. The van der Waals surface area contributed by atoms with Crippen molar-refractivity contribution in [2.75, 3.05) is 46.3 Å². The monoisotopic (exact) mass is 953 g/mol. The SMILES string of the molecule is CC(C)(C)OC(=O)N[C@@H]1CC1c1ccc(OC(=O)OC(C)(C)C)cc1.CN1CCN(CCN[C@@H]2C[C@H]2c2ccc(OCc3ccccc3)cc2)CC1.C[C@@H]1C[C@H]1c1ccc(OCc2ccccc2)cc1. The summed E-state index contributed by atoms with van der Waals surface area (Å²) < 4.78 is 27.2. The van der Waals surface area contributed by atoms with Crippen molar-refractivity contribution in [3.05, 3.63) is 161 Å². The van der Waals surface area contributed by atoms with Gasteiger partial charge >= 0.3 is 12.2 Å². The van der Waals surface area contributed by atoms with Crippen LogP contribution in [-0.2, 0) is 22.7 Å². The van der Waals surface area contributed by atoms with Gasteiger partial charge in [-0.05, 0) is 144 Å². The van der Waals surface area contributed by atoms with Crippen molar-refractivity contribution >= 4 is 12.2 Å². The number of hydrogen-bond donors (Lipinski definition) is 2. The summed E-state index contributed by atoms with van der Waals surface area (Å²) in [7, 11) is 2.21. The molecule has 2 N–H and O–H groups in total. The van der Waals surface area contributed by atoms with Gasteiger partial charge in [-0.25, -0.2) is 9.59 Å². The van der Waals surface area contributed by atoms with Crippen molar-refractivity contribution in [2.24, 2.45) is 5.92 Å². The van der Waals surface area contributed by atoms with E-state index < -0.39 is 23.5 Å². The van der Waals surface area contributed by atoms with Gasteiger partial charge in [0.1, 0.15) is 41.7 Å². The average Bonchev–Trinajstić information content (AvgIpc) is 4.27. The Bertz CT molecular complexity index is 2360. The van der Waals surface area contributed by atoms with Gasteiger partial charge < -0.3 is 39.2 Å². The minimum Gasteiger partial charge on any atom is -0.489 e. The van der Waals surface area contributed by atoms with Gasteiger partial charge in [0.2, 0.25) is 0 Å². The number of nitrogens with zero attached hydrogens (tertiary/aromatic N) is 2. The maximum Gasteiger partial charge on any atom is 0.514 e. The van der Waals surface area contributed by atoms with Crippen LogP contribution in [0, 0.1) is 5.92 Å². The number of piperazine rings is 1. The summed E-state index contributed by atoms with van der Waals surface area (Å²) >= 11 is 0. The molecule has 0 bridgehead atoms. The predicted octanol–water partition coefficient (Wildman–Crippen LogP) is 11.7. The van der Waals surface area contributed by atoms with Crippen LogP contribution >= 0.6 is 0 Å². The van der Waals surface area contributed by atoms with E-state index in [0.29, 0.717) is 30.9 Å². The second kappa shape index (κ2) is 24.3. The van der Waals surface area contributed by atoms with Gasteiger partial charge in [0.05, 0.1) is 0 Å².